The van der Waals surface area contributed by atoms with Crippen LogP contribution in [0.1, 0.15) is 73.9 Å². The molecule has 2 aromatic carbocycles. The summed E-state index contributed by atoms with van der Waals surface area (Å²) in [5, 5.41) is 0.557. The van der Waals surface area contributed by atoms with Crippen LogP contribution in [-0.2, 0) is 22.8 Å². The fraction of sp³-hybridized carbons (Fsp3) is 0.519. The first-order valence-corrected chi connectivity index (χ1v) is 15.0. The Morgan fingerprint density at radius 3 is 2.20 bits per heavy atom. The Labute approximate surface area is 219 Å². The number of amides is 1. The van der Waals surface area contributed by atoms with Crippen molar-refractivity contribution in [1.82, 2.24) is 4.90 Å². The van der Waals surface area contributed by atoms with Gasteiger partial charge in [0.2, 0.25) is 0 Å². The van der Waals surface area contributed by atoms with Gasteiger partial charge >= 0.3 is 0 Å². The van der Waals surface area contributed by atoms with Crippen LogP contribution >= 0.6 is 23.2 Å². The van der Waals surface area contributed by atoms with Gasteiger partial charge in [-0.25, -0.2) is 8.42 Å². The van der Waals surface area contributed by atoms with Crippen LogP contribution in [-0.4, -0.2) is 43.4 Å². The summed E-state index contributed by atoms with van der Waals surface area (Å²) in [4.78, 5) is 15.3. The molecule has 0 aromatic heterocycles. The molecule has 35 heavy (non-hydrogen) atoms. The number of nitrogens with zero attached hydrogens (tertiary/aromatic N) is 1. The second kappa shape index (κ2) is 13.0. The van der Waals surface area contributed by atoms with Crippen LogP contribution in [0.15, 0.2) is 36.4 Å². The summed E-state index contributed by atoms with van der Waals surface area (Å²) in [6.07, 6.45) is 6.90. The van der Waals surface area contributed by atoms with Crippen molar-refractivity contribution in [1.29, 1.82) is 0 Å². The van der Waals surface area contributed by atoms with E-state index in [0.29, 0.717) is 30.9 Å². The Hall–Kier alpha value is -1.76. The van der Waals surface area contributed by atoms with Gasteiger partial charge in [-0.1, -0.05) is 87.0 Å². The zero-order valence-electron chi connectivity index (χ0n) is 20.6. The van der Waals surface area contributed by atoms with E-state index in [0.717, 1.165) is 24.8 Å². The van der Waals surface area contributed by atoms with Gasteiger partial charge in [-0.15, -0.1) is 0 Å². The monoisotopic (exact) mass is 539 g/mol. The van der Waals surface area contributed by atoms with Crippen LogP contribution < -0.4 is 4.74 Å². The van der Waals surface area contributed by atoms with Gasteiger partial charge in [0.15, 0.2) is 15.6 Å². The molecule has 1 fully saturated rings. The topological polar surface area (TPSA) is 63.7 Å². The first-order valence-electron chi connectivity index (χ1n) is 12.4. The minimum atomic E-state index is -3.17. The van der Waals surface area contributed by atoms with E-state index in [4.69, 9.17) is 27.9 Å². The smallest absolute Gasteiger partial charge is 0.254 e. The van der Waals surface area contributed by atoms with Gasteiger partial charge in [-0.3, -0.25) is 4.79 Å². The van der Waals surface area contributed by atoms with Gasteiger partial charge in [-0.05, 0) is 42.5 Å². The van der Waals surface area contributed by atoms with Crippen molar-refractivity contribution >= 4 is 38.9 Å². The number of hydrogen-bond donors (Lipinski definition) is 0. The highest BCUT2D eigenvalue weighted by Gasteiger charge is 2.35. The minimum absolute atomic E-state index is 0.0352. The maximum absolute atomic E-state index is 13.6. The molecule has 1 saturated heterocycles. The molecular weight excluding hydrogens is 505 g/mol. The summed E-state index contributed by atoms with van der Waals surface area (Å²) in [6, 6.07) is 10.8. The highest BCUT2D eigenvalue weighted by Crippen LogP contribution is 2.35. The third-order valence-corrected chi connectivity index (χ3v) is 8.75. The summed E-state index contributed by atoms with van der Waals surface area (Å²) in [7, 11) is -3.17. The molecule has 1 unspecified atom stereocenters. The van der Waals surface area contributed by atoms with E-state index in [1.54, 1.807) is 17.0 Å². The average Bonchev–Trinajstić information content (AvgIpc) is 3.20. The number of halogens is 2. The summed E-state index contributed by atoms with van der Waals surface area (Å²) < 4.78 is 30.2. The number of rotatable bonds is 12. The van der Waals surface area contributed by atoms with Crippen molar-refractivity contribution in [2.45, 2.75) is 71.4 Å². The van der Waals surface area contributed by atoms with Gasteiger partial charge < -0.3 is 9.64 Å². The van der Waals surface area contributed by atoms with Gasteiger partial charge in [0, 0.05) is 18.2 Å². The largest absolute Gasteiger partial charge is 0.490 e. The average molecular weight is 541 g/mol. The number of aryl methyl sites for hydroxylation is 1. The quantitative estimate of drug-likeness (QED) is 0.280. The highest BCUT2D eigenvalue weighted by molar-refractivity contribution is 7.91. The maximum atomic E-state index is 13.6. The lowest BCUT2D eigenvalue weighted by Crippen LogP contribution is -2.40. The fourth-order valence-corrected chi connectivity index (χ4v) is 6.66. The second-order valence-corrected chi connectivity index (χ2v) is 12.2. The Morgan fingerprint density at radius 2 is 1.63 bits per heavy atom. The number of ether oxygens (including phenoxy) is 1. The molecule has 192 valence electrons. The van der Waals surface area contributed by atoms with E-state index in [-0.39, 0.29) is 27.5 Å². The fourth-order valence-electron chi connectivity index (χ4n) is 4.33. The number of carbonyl (C=O) groups is 1. The summed E-state index contributed by atoms with van der Waals surface area (Å²) >= 11 is 12.9. The van der Waals surface area contributed by atoms with Gasteiger partial charge in [-0.2, -0.15) is 0 Å². The summed E-state index contributed by atoms with van der Waals surface area (Å²) in [5.74, 6) is 0.141. The molecule has 0 spiro atoms. The summed E-state index contributed by atoms with van der Waals surface area (Å²) in [5.41, 5.74) is 2.47. The lowest BCUT2D eigenvalue weighted by Gasteiger charge is -2.29. The molecule has 8 heteroatoms. The zero-order valence-corrected chi connectivity index (χ0v) is 22.9. The number of hydrogen-bond acceptors (Lipinski definition) is 4. The molecule has 1 heterocycles. The van der Waals surface area contributed by atoms with E-state index in [2.05, 4.69) is 13.8 Å². The molecular formula is C27H35Cl2NO4S. The van der Waals surface area contributed by atoms with Gasteiger partial charge in [0.05, 0.1) is 28.2 Å². The predicted molar refractivity (Wildman–Crippen MR) is 143 cm³/mol. The molecule has 2 aromatic rings. The molecule has 0 N–H and O–H groups in total. The number of unbranched alkanes of at least 4 members (excludes halogenated alkanes) is 4. The Morgan fingerprint density at radius 1 is 1.00 bits per heavy atom. The second-order valence-electron chi connectivity index (χ2n) is 9.19. The van der Waals surface area contributed by atoms with Crippen molar-refractivity contribution in [3.63, 3.8) is 0 Å². The van der Waals surface area contributed by atoms with E-state index in [1.165, 1.54) is 24.8 Å². The third-order valence-electron chi connectivity index (χ3n) is 6.43. The molecule has 1 aliphatic rings. The van der Waals surface area contributed by atoms with Crippen LogP contribution in [0.5, 0.6) is 5.75 Å². The molecule has 0 saturated carbocycles. The minimum Gasteiger partial charge on any atom is -0.490 e. The molecule has 1 atom stereocenters. The normalized spacial score (nSPS) is 16.9. The highest BCUT2D eigenvalue weighted by atomic mass is 35.5. The van der Waals surface area contributed by atoms with E-state index >= 15 is 0 Å². The third kappa shape index (κ3) is 7.86. The maximum Gasteiger partial charge on any atom is 0.254 e. The zero-order chi connectivity index (χ0) is 25.4. The van der Waals surface area contributed by atoms with Crippen molar-refractivity contribution < 1.29 is 17.9 Å². The molecule has 1 aliphatic heterocycles. The number of carbonyl (C=O) groups excluding carboxylic acids is 1. The number of benzene rings is 2. The van der Waals surface area contributed by atoms with Crippen LogP contribution in [0.25, 0.3) is 0 Å². The van der Waals surface area contributed by atoms with Gasteiger partial charge in [0.1, 0.15) is 0 Å². The first kappa shape index (κ1) is 27.8. The first-order chi connectivity index (χ1) is 16.7. The Kier molecular flexibility index (Phi) is 10.3. The number of sulfone groups is 1. The van der Waals surface area contributed by atoms with E-state index in [9.17, 15) is 13.2 Å². The van der Waals surface area contributed by atoms with Crippen molar-refractivity contribution in [2.75, 3.05) is 18.1 Å². The molecule has 3 rings (SSSR count). The SMILES string of the molecule is CCCCCCCOc1c(Cl)cc(C(=O)N(Cc2ccc(CC)cc2)C2CCS(=O)(=O)C2)cc1Cl. The molecule has 0 radical (unpaired) electrons. The Bertz CT molecular complexity index is 1080. The molecule has 0 aliphatic carbocycles. The lowest BCUT2D eigenvalue weighted by molar-refractivity contribution is 0.0681. The molecule has 5 nitrogen and oxygen atoms in total. The van der Waals surface area contributed by atoms with E-state index < -0.39 is 15.9 Å². The van der Waals surface area contributed by atoms with E-state index in [1.807, 2.05) is 24.3 Å². The predicted octanol–water partition coefficient (Wildman–Crippen LogP) is 6.73. The van der Waals surface area contributed by atoms with Crippen LogP contribution in [0.4, 0.5) is 0 Å². The van der Waals surface area contributed by atoms with Crippen molar-refractivity contribution in [3.05, 3.63) is 63.1 Å². The van der Waals surface area contributed by atoms with Crippen LogP contribution in [0.2, 0.25) is 10.0 Å². The van der Waals surface area contributed by atoms with Crippen LogP contribution in [0.3, 0.4) is 0 Å². The van der Waals surface area contributed by atoms with Gasteiger partial charge in [0.25, 0.3) is 5.91 Å². The van der Waals surface area contributed by atoms with Crippen LogP contribution in [0, 0.1) is 0 Å². The standard InChI is InChI=1S/C27H35Cl2NO4S/c1-3-5-6-7-8-14-34-26-24(28)16-22(17-25(26)29)27(31)30(23-13-15-35(32,33)19-23)18-21-11-9-20(4-2)10-12-21/h9-12,16-17,23H,3-8,13-15,18-19H2,1-2H3. The van der Waals surface area contributed by atoms with Crippen molar-refractivity contribution in [3.8, 4) is 5.75 Å². The molecule has 1 amide bonds. The molecule has 0 bridgehead atoms. The lowest BCUT2D eigenvalue weighted by atomic mass is 10.1. The Balaban J connectivity index is 1.78. The summed E-state index contributed by atoms with van der Waals surface area (Å²) in [6.45, 7) is 5.08. The van der Waals surface area contributed by atoms with Crippen molar-refractivity contribution in [2.24, 2.45) is 0 Å².